The zero-order chi connectivity index (χ0) is 23.4. The Balaban J connectivity index is 1.88. The SMILES string of the molecule is Cc1c(C(=O)c2ccc3c(c2)C(n2ccccc2=O)C(O)C(C)(C)O3)cc(F)c(F)c1F. The molecule has 32 heavy (non-hydrogen) atoms. The molecule has 5 nitrogen and oxygen atoms in total. The van der Waals surface area contributed by atoms with Gasteiger partial charge in [0.05, 0.1) is 6.04 Å². The number of aromatic nitrogens is 1. The van der Waals surface area contributed by atoms with Crippen molar-refractivity contribution in [3.8, 4) is 5.75 Å². The number of carbonyl (C=O) groups excluding carboxylic acids is 1. The van der Waals surface area contributed by atoms with Crippen LogP contribution in [0.5, 0.6) is 5.75 Å². The molecule has 1 aliphatic heterocycles. The van der Waals surface area contributed by atoms with Gasteiger partial charge in [-0.15, -0.1) is 0 Å². The van der Waals surface area contributed by atoms with Crippen molar-refractivity contribution in [1.29, 1.82) is 0 Å². The highest BCUT2D eigenvalue weighted by molar-refractivity contribution is 6.10. The van der Waals surface area contributed by atoms with Gasteiger partial charge >= 0.3 is 0 Å². The van der Waals surface area contributed by atoms with Gasteiger partial charge in [-0.3, -0.25) is 9.59 Å². The standard InChI is InChI=1S/C24H20F3NO4/c1-12-14(11-16(25)20(27)19(12)26)22(30)13-7-8-17-15(10-13)21(23(31)24(2,3)32-17)28-9-5-4-6-18(28)29/h4-11,21,23,31H,1-3H3. The van der Waals surface area contributed by atoms with Crippen LogP contribution in [0.25, 0.3) is 0 Å². The zero-order valence-electron chi connectivity index (χ0n) is 17.5. The van der Waals surface area contributed by atoms with Gasteiger partial charge in [-0.2, -0.15) is 0 Å². The van der Waals surface area contributed by atoms with E-state index in [4.69, 9.17) is 4.74 Å². The van der Waals surface area contributed by atoms with Gasteiger partial charge in [0.1, 0.15) is 17.5 Å². The van der Waals surface area contributed by atoms with Gasteiger partial charge in [-0.1, -0.05) is 6.07 Å². The van der Waals surface area contributed by atoms with Crippen molar-refractivity contribution < 1.29 is 27.8 Å². The number of carbonyl (C=O) groups is 1. The summed E-state index contributed by atoms with van der Waals surface area (Å²) in [4.78, 5) is 25.6. The molecule has 1 aliphatic rings. The number of hydrogen-bond donors (Lipinski definition) is 1. The number of ether oxygens (including phenoxy) is 1. The van der Waals surface area contributed by atoms with Crippen LogP contribution < -0.4 is 10.3 Å². The van der Waals surface area contributed by atoms with E-state index in [1.165, 1.54) is 42.0 Å². The molecular weight excluding hydrogens is 423 g/mol. The van der Waals surface area contributed by atoms with Crippen molar-refractivity contribution in [2.75, 3.05) is 0 Å². The van der Waals surface area contributed by atoms with Crippen molar-refractivity contribution in [2.24, 2.45) is 0 Å². The van der Waals surface area contributed by atoms with E-state index in [1.54, 1.807) is 26.0 Å². The molecule has 2 atom stereocenters. The van der Waals surface area contributed by atoms with Gasteiger partial charge in [0, 0.05) is 29.0 Å². The zero-order valence-corrected chi connectivity index (χ0v) is 17.5. The van der Waals surface area contributed by atoms with Crippen LogP contribution in [0.2, 0.25) is 0 Å². The predicted molar refractivity (Wildman–Crippen MR) is 110 cm³/mol. The summed E-state index contributed by atoms with van der Waals surface area (Å²) in [5.74, 6) is -4.93. The van der Waals surface area contributed by atoms with Crippen LogP contribution in [-0.4, -0.2) is 27.2 Å². The Morgan fingerprint density at radius 2 is 1.81 bits per heavy atom. The van der Waals surface area contributed by atoms with Gasteiger partial charge in [0.15, 0.2) is 23.2 Å². The first kappa shape index (κ1) is 21.8. The largest absolute Gasteiger partial charge is 0.485 e. The average molecular weight is 443 g/mol. The molecule has 8 heteroatoms. The van der Waals surface area contributed by atoms with Gasteiger partial charge in [-0.25, -0.2) is 13.2 Å². The number of ketones is 1. The number of aliphatic hydroxyl groups is 1. The summed E-state index contributed by atoms with van der Waals surface area (Å²) in [6.07, 6.45) is 0.369. The first-order valence-electron chi connectivity index (χ1n) is 9.90. The Kier molecular flexibility index (Phi) is 5.21. The molecule has 0 fully saturated rings. The molecule has 2 unspecified atom stereocenters. The quantitative estimate of drug-likeness (QED) is 0.492. The lowest BCUT2D eigenvalue weighted by Gasteiger charge is -2.42. The lowest BCUT2D eigenvalue weighted by atomic mass is 9.85. The molecule has 2 heterocycles. The highest BCUT2D eigenvalue weighted by Crippen LogP contribution is 2.42. The fraction of sp³-hybridized carbons (Fsp3) is 0.250. The predicted octanol–water partition coefficient (Wildman–Crippen LogP) is 3.93. The molecule has 1 aromatic heterocycles. The molecule has 0 spiro atoms. The number of benzene rings is 2. The molecule has 2 aromatic carbocycles. The number of rotatable bonds is 3. The van der Waals surface area contributed by atoms with Crippen molar-refractivity contribution in [1.82, 2.24) is 4.57 Å². The topological polar surface area (TPSA) is 68.5 Å². The molecule has 3 aromatic rings. The Morgan fingerprint density at radius 1 is 1.09 bits per heavy atom. The molecule has 0 radical (unpaired) electrons. The Hall–Kier alpha value is -3.39. The maximum atomic E-state index is 14.0. The summed E-state index contributed by atoms with van der Waals surface area (Å²) in [5.41, 5.74) is -1.65. The van der Waals surface area contributed by atoms with Crippen LogP contribution in [0.3, 0.4) is 0 Å². The van der Waals surface area contributed by atoms with E-state index in [1.807, 2.05) is 0 Å². The van der Waals surface area contributed by atoms with E-state index >= 15 is 0 Å². The van der Waals surface area contributed by atoms with Crippen molar-refractivity contribution in [2.45, 2.75) is 38.5 Å². The third-order valence-electron chi connectivity index (χ3n) is 5.78. The molecule has 1 N–H and O–H groups in total. The van der Waals surface area contributed by atoms with Gasteiger partial charge in [-0.05, 0) is 56.7 Å². The first-order chi connectivity index (χ1) is 15.0. The molecule has 0 saturated heterocycles. The average Bonchev–Trinajstić information content (AvgIpc) is 2.75. The number of aliphatic hydroxyl groups excluding tert-OH is 1. The van der Waals surface area contributed by atoms with E-state index in [0.29, 0.717) is 17.4 Å². The summed E-state index contributed by atoms with van der Waals surface area (Å²) < 4.78 is 48.5. The Labute approximate surface area is 181 Å². The molecule has 0 amide bonds. The van der Waals surface area contributed by atoms with Crippen LogP contribution >= 0.6 is 0 Å². The maximum Gasteiger partial charge on any atom is 0.251 e. The molecule has 0 aliphatic carbocycles. The van der Waals surface area contributed by atoms with E-state index in [9.17, 15) is 27.9 Å². The highest BCUT2D eigenvalue weighted by Gasteiger charge is 2.44. The van der Waals surface area contributed by atoms with Gasteiger partial charge < -0.3 is 14.4 Å². The molecule has 0 bridgehead atoms. The third kappa shape index (κ3) is 3.40. The summed E-state index contributed by atoms with van der Waals surface area (Å²) in [7, 11) is 0. The lowest BCUT2D eigenvalue weighted by molar-refractivity contribution is -0.0642. The normalized spacial score (nSPS) is 19.2. The van der Waals surface area contributed by atoms with Crippen molar-refractivity contribution in [3.63, 3.8) is 0 Å². The van der Waals surface area contributed by atoms with E-state index in [2.05, 4.69) is 0 Å². The van der Waals surface area contributed by atoms with E-state index in [0.717, 1.165) is 0 Å². The number of fused-ring (bicyclic) bond motifs is 1. The summed E-state index contributed by atoms with van der Waals surface area (Å²) >= 11 is 0. The van der Waals surface area contributed by atoms with E-state index in [-0.39, 0.29) is 22.2 Å². The minimum atomic E-state index is -1.65. The second kappa shape index (κ2) is 7.63. The minimum Gasteiger partial charge on any atom is -0.485 e. The maximum absolute atomic E-state index is 14.0. The van der Waals surface area contributed by atoms with Crippen LogP contribution in [0.1, 0.15) is 46.9 Å². The van der Waals surface area contributed by atoms with Crippen LogP contribution in [-0.2, 0) is 0 Å². The summed E-state index contributed by atoms with van der Waals surface area (Å²) in [6, 6.07) is 8.66. The van der Waals surface area contributed by atoms with Crippen LogP contribution in [0.4, 0.5) is 13.2 Å². The molecule has 4 rings (SSSR count). The highest BCUT2D eigenvalue weighted by atomic mass is 19.2. The number of halogens is 3. The molecule has 166 valence electrons. The summed E-state index contributed by atoms with van der Waals surface area (Å²) in [5, 5.41) is 11.0. The number of pyridine rings is 1. The molecule has 0 saturated carbocycles. The first-order valence-corrected chi connectivity index (χ1v) is 9.90. The van der Waals surface area contributed by atoms with E-state index < -0.39 is 41.0 Å². The fourth-order valence-electron chi connectivity index (χ4n) is 3.96. The minimum absolute atomic E-state index is 0.0433. The second-order valence-corrected chi connectivity index (χ2v) is 8.28. The molecular formula is C24H20F3NO4. The third-order valence-corrected chi connectivity index (χ3v) is 5.78. The number of nitrogens with zero attached hydrogens (tertiary/aromatic N) is 1. The summed E-state index contributed by atoms with van der Waals surface area (Å²) in [6.45, 7) is 4.54. The van der Waals surface area contributed by atoms with Gasteiger partial charge in [0.25, 0.3) is 5.56 Å². The monoisotopic (exact) mass is 443 g/mol. The van der Waals surface area contributed by atoms with Gasteiger partial charge in [0.2, 0.25) is 0 Å². The number of hydrogen-bond acceptors (Lipinski definition) is 4. The smallest absolute Gasteiger partial charge is 0.251 e. The van der Waals surface area contributed by atoms with Crippen molar-refractivity contribution >= 4 is 5.78 Å². The van der Waals surface area contributed by atoms with Crippen molar-refractivity contribution in [3.05, 3.63) is 98.7 Å². The Bertz CT molecular complexity index is 1300. The van der Waals surface area contributed by atoms with Crippen LogP contribution in [0.15, 0.2) is 53.5 Å². The lowest BCUT2D eigenvalue weighted by Crippen LogP contribution is -2.52. The fourth-order valence-corrected chi connectivity index (χ4v) is 3.96. The Morgan fingerprint density at radius 3 is 2.50 bits per heavy atom. The van der Waals surface area contributed by atoms with Crippen LogP contribution in [0, 0.1) is 24.4 Å². The second-order valence-electron chi connectivity index (χ2n) is 8.28.